The van der Waals surface area contributed by atoms with Crippen molar-refractivity contribution in [2.45, 2.75) is 6.42 Å². The van der Waals surface area contributed by atoms with Crippen LogP contribution in [0.15, 0.2) is 17.7 Å². The molecule has 4 heteroatoms. The summed E-state index contributed by atoms with van der Waals surface area (Å²) >= 11 is 0. The first-order chi connectivity index (χ1) is 8.19. The van der Waals surface area contributed by atoms with Gasteiger partial charge in [-0.15, -0.1) is 0 Å². The predicted molar refractivity (Wildman–Crippen MR) is 63.2 cm³/mol. The lowest BCUT2D eigenvalue weighted by atomic mass is 10.1. The number of ether oxygens (including phenoxy) is 3. The zero-order valence-electron chi connectivity index (χ0n) is 10.1. The topological polar surface area (TPSA) is 44.8 Å². The molecule has 1 aliphatic carbocycles. The number of esters is 1. The van der Waals surface area contributed by atoms with Gasteiger partial charge in [0.15, 0.2) is 11.5 Å². The minimum atomic E-state index is -0.292. The standard InChI is InChI=1S/C13H14O4/c1-15-11-6-8-4-10(13(14)17-3)5-9(8)7-12(11)16-2/h4,6-7H,5H2,1-3H3. The highest BCUT2D eigenvalue weighted by Crippen LogP contribution is 2.36. The van der Waals surface area contributed by atoms with E-state index < -0.39 is 0 Å². The predicted octanol–water partition coefficient (Wildman–Crippen LogP) is 1.82. The lowest BCUT2D eigenvalue weighted by Gasteiger charge is -2.09. The lowest BCUT2D eigenvalue weighted by Crippen LogP contribution is -2.04. The maximum atomic E-state index is 11.4. The average Bonchev–Trinajstić information content (AvgIpc) is 2.78. The number of hydrogen-bond acceptors (Lipinski definition) is 4. The van der Waals surface area contributed by atoms with Crippen molar-refractivity contribution in [2.24, 2.45) is 0 Å². The van der Waals surface area contributed by atoms with Gasteiger partial charge in [0.05, 0.1) is 21.3 Å². The number of carbonyl (C=O) groups excluding carboxylic acids is 1. The lowest BCUT2D eigenvalue weighted by molar-refractivity contribution is -0.136. The molecule has 0 spiro atoms. The zero-order valence-corrected chi connectivity index (χ0v) is 10.1. The molecule has 0 bridgehead atoms. The molecule has 4 nitrogen and oxygen atoms in total. The van der Waals surface area contributed by atoms with Crippen LogP contribution in [0.2, 0.25) is 0 Å². The Morgan fingerprint density at radius 1 is 1.12 bits per heavy atom. The molecule has 1 aliphatic rings. The molecule has 0 heterocycles. The van der Waals surface area contributed by atoms with Crippen LogP contribution in [0.1, 0.15) is 11.1 Å². The molecule has 0 radical (unpaired) electrons. The summed E-state index contributed by atoms with van der Waals surface area (Å²) in [6, 6.07) is 3.75. The van der Waals surface area contributed by atoms with Crippen molar-refractivity contribution in [1.29, 1.82) is 0 Å². The fourth-order valence-corrected chi connectivity index (χ4v) is 1.93. The summed E-state index contributed by atoms with van der Waals surface area (Å²) in [7, 11) is 4.56. The third-order valence-corrected chi connectivity index (χ3v) is 2.80. The Morgan fingerprint density at radius 3 is 2.35 bits per heavy atom. The van der Waals surface area contributed by atoms with Crippen molar-refractivity contribution in [3.05, 3.63) is 28.8 Å². The summed E-state index contributed by atoms with van der Waals surface area (Å²) in [4.78, 5) is 11.4. The van der Waals surface area contributed by atoms with Crippen LogP contribution in [-0.4, -0.2) is 27.3 Å². The molecule has 0 unspecified atom stereocenters. The molecule has 0 aliphatic heterocycles. The molecular weight excluding hydrogens is 220 g/mol. The number of rotatable bonds is 3. The Bertz CT molecular complexity index is 488. The van der Waals surface area contributed by atoms with Crippen LogP contribution in [0, 0.1) is 0 Å². The average molecular weight is 234 g/mol. The highest BCUT2D eigenvalue weighted by atomic mass is 16.5. The van der Waals surface area contributed by atoms with E-state index in [-0.39, 0.29) is 5.97 Å². The number of hydrogen-bond donors (Lipinski definition) is 0. The monoisotopic (exact) mass is 234 g/mol. The summed E-state index contributed by atoms with van der Waals surface area (Å²) < 4.78 is 15.1. The van der Waals surface area contributed by atoms with E-state index in [1.807, 2.05) is 18.2 Å². The maximum absolute atomic E-state index is 11.4. The van der Waals surface area contributed by atoms with Gasteiger partial charge in [-0.25, -0.2) is 4.79 Å². The Hall–Kier alpha value is -1.97. The van der Waals surface area contributed by atoms with Gasteiger partial charge in [-0.2, -0.15) is 0 Å². The van der Waals surface area contributed by atoms with Crippen LogP contribution in [0.3, 0.4) is 0 Å². The van der Waals surface area contributed by atoms with Gasteiger partial charge in [0, 0.05) is 12.0 Å². The van der Waals surface area contributed by atoms with Crippen LogP contribution >= 0.6 is 0 Å². The summed E-state index contributed by atoms with van der Waals surface area (Å²) in [5.41, 5.74) is 2.67. The first-order valence-corrected chi connectivity index (χ1v) is 5.23. The van der Waals surface area contributed by atoms with Crippen molar-refractivity contribution in [1.82, 2.24) is 0 Å². The zero-order chi connectivity index (χ0) is 12.4. The van der Waals surface area contributed by atoms with Gasteiger partial charge in [-0.1, -0.05) is 0 Å². The van der Waals surface area contributed by atoms with Gasteiger partial charge in [-0.05, 0) is 29.3 Å². The second-order valence-corrected chi connectivity index (χ2v) is 3.74. The highest BCUT2D eigenvalue weighted by Gasteiger charge is 2.21. The molecule has 0 saturated carbocycles. The number of methoxy groups -OCH3 is 3. The molecule has 0 atom stereocenters. The van der Waals surface area contributed by atoms with Gasteiger partial charge in [0.2, 0.25) is 0 Å². The van der Waals surface area contributed by atoms with Crippen LogP contribution in [0.25, 0.3) is 6.08 Å². The van der Waals surface area contributed by atoms with Gasteiger partial charge in [0.25, 0.3) is 0 Å². The van der Waals surface area contributed by atoms with Crippen molar-refractivity contribution in [2.75, 3.05) is 21.3 Å². The summed E-state index contributed by atoms with van der Waals surface area (Å²) in [6.45, 7) is 0. The molecule has 0 fully saturated rings. The second-order valence-electron chi connectivity index (χ2n) is 3.74. The van der Waals surface area contributed by atoms with Crippen LogP contribution in [0.4, 0.5) is 0 Å². The largest absolute Gasteiger partial charge is 0.493 e. The Balaban J connectivity index is 2.38. The maximum Gasteiger partial charge on any atom is 0.334 e. The second kappa shape index (κ2) is 4.49. The smallest absolute Gasteiger partial charge is 0.334 e. The van der Waals surface area contributed by atoms with E-state index in [2.05, 4.69) is 0 Å². The van der Waals surface area contributed by atoms with Crippen molar-refractivity contribution >= 4 is 12.0 Å². The molecule has 17 heavy (non-hydrogen) atoms. The first-order valence-electron chi connectivity index (χ1n) is 5.23. The van der Waals surface area contributed by atoms with E-state index in [1.165, 1.54) is 7.11 Å². The molecule has 1 aromatic carbocycles. The van der Waals surface area contributed by atoms with E-state index in [4.69, 9.17) is 14.2 Å². The SMILES string of the molecule is COC(=O)C1=Cc2cc(OC)c(OC)cc2C1. The van der Waals surface area contributed by atoms with Crippen LogP contribution < -0.4 is 9.47 Å². The van der Waals surface area contributed by atoms with E-state index in [1.54, 1.807) is 14.2 Å². The van der Waals surface area contributed by atoms with Crippen molar-refractivity contribution in [3.63, 3.8) is 0 Å². The minimum absolute atomic E-state index is 0.292. The number of carbonyl (C=O) groups is 1. The van der Waals surface area contributed by atoms with Crippen LogP contribution in [0.5, 0.6) is 11.5 Å². The van der Waals surface area contributed by atoms with E-state index in [0.29, 0.717) is 23.5 Å². The quantitative estimate of drug-likeness (QED) is 0.748. The molecule has 0 amide bonds. The normalized spacial score (nSPS) is 12.8. The fraction of sp³-hybridized carbons (Fsp3) is 0.308. The Labute approximate surface area is 99.8 Å². The highest BCUT2D eigenvalue weighted by molar-refractivity contribution is 5.96. The van der Waals surface area contributed by atoms with E-state index in [0.717, 1.165) is 11.1 Å². The van der Waals surface area contributed by atoms with Crippen LogP contribution in [-0.2, 0) is 16.0 Å². The summed E-state index contributed by atoms with van der Waals surface area (Å²) in [5.74, 6) is 1.04. The van der Waals surface area contributed by atoms with Crippen molar-refractivity contribution in [3.8, 4) is 11.5 Å². The molecule has 1 aromatic rings. The minimum Gasteiger partial charge on any atom is -0.493 e. The molecular formula is C13H14O4. The van der Waals surface area contributed by atoms with E-state index >= 15 is 0 Å². The molecule has 0 aromatic heterocycles. The van der Waals surface area contributed by atoms with E-state index in [9.17, 15) is 4.79 Å². The number of benzene rings is 1. The number of fused-ring (bicyclic) bond motifs is 1. The molecule has 0 N–H and O–H groups in total. The molecule has 2 rings (SSSR count). The third kappa shape index (κ3) is 1.98. The molecule has 0 saturated heterocycles. The Morgan fingerprint density at radius 2 is 1.76 bits per heavy atom. The van der Waals surface area contributed by atoms with Crippen molar-refractivity contribution < 1.29 is 19.0 Å². The third-order valence-electron chi connectivity index (χ3n) is 2.80. The van der Waals surface area contributed by atoms with Gasteiger partial charge < -0.3 is 14.2 Å². The summed E-state index contributed by atoms with van der Waals surface area (Å²) in [5, 5.41) is 0. The molecule has 90 valence electrons. The van der Waals surface area contributed by atoms with Gasteiger partial charge in [0.1, 0.15) is 0 Å². The van der Waals surface area contributed by atoms with Gasteiger partial charge in [-0.3, -0.25) is 0 Å². The summed E-state index contributed by atoms with van der Waals surface area (Å²) in [6.07, 6.45) is 2.39. The Kier molecular flexibility index (Phi) is 3.04. The van der Waals surface area contributed by atoms with Gasteiger partial charge >= 0.3 is 5.97 Å². The first kappa shape index (κ1) is 11.5. The fourth-order valence-electron chi connectivity index (χ4n) is 1.93.